The summed E-state index contributed by atoms with van der Waals surface area (Å²) in [4.78, 5) is 2.53. The van der Waals surface area contributed by atoms with Gasteiger partial charge in [0.25, 0.3) is 0 Å². The Labute approximate surface area is 84.5 Å². The Morgan fingerprint density at radius 3 is 2.36 bits per heavy atom. The summed E-state index contributed by atoms with van der Waals surface area (Å²) < 4.78 is 5.14. The van der Waals surface area contributed by atoms with E-state index in [1.165, 1.54) is 24.9 Å². The molecule has 14 heavy (non-hydrogen) atoms. The predicted octanol–water partition coefficient (Wildman–Crippen LogP) is 2.44. The van der Waals surface area contributed by atoms with Crippen LogP contribution in [0.4, 0.5) is 5.69 Å². The molecule has 2 atom stereocenters. The Balaban J connectivity index is 1.78. The fraction of sp³-hybridized carbons (Fsp3) is 0.500. The first-order chi connectivity index (χ1) is 6.90. The summed E-state index contributed by atoms with van der Waals surface area (Å²) in [6.45, 7) is 0. The molecular formula is C12H15NO. The van der Waals surface area contributed by atoms with Gasteiger partial charge in [0, 0.05) is 17.8 Å². The van der Waals surface area contributed by atoms with Crippen molar-refractivity contribution in [1.29, 1.82) is 0 Å². The Morgan fingerprint density at radius 1 is 1.14 bits per heavy atom. The lowest BCUT2D eigenvalue weighted by Crippen LogP contribution is -2.02. The molecule has 1 heterocycles. The van der Waals surface area contributed by atoms with Crippen molar-refractivity contribution in [3.63, 3.8) is 0 Å². The lowest BCUT2D eigenvalue weighted by Gasteiger charge is -2.09. The van der Waals surface area contributed by atoms with Gasteiger partial charge in [-0.1, -0.05) is 0 Å². The second kappa shape index (κ2) is 2.91. The van der Waals surface area contributed by atoms with E-state index < -0.39 is 0 Å². The maximum absolute atomic E-state index is 5.14. The number of fused-ring (bicyclic) bond motifs is 1. The van der Waals surface area contributed by atoms with E-state index in [1.54, 1.807) is 7.11 Å². The fourth-order valence-electron chi connectivity index (χ4n) is 2.67. The summed E-state index contributed by atoms with van der Waals surface area (Å²) in [6.07, 6.45) is 4.19. The van der Waals surface area contributed by atoms with E-state index in [4.69, 9.17) is 4.74 Å². The third kappa shape index (κ3) is 1.10. The number of rotatable bonds is 2. The minimum Gasteiger partial charge on any atom is -0.497 e. The van der Waals surface area contributed by atoms with Crippen molar-refractivity contribution >= 4 is 5.69 Å². The van der Waals surface area contributed by atoms with Crippen LogP contribution in [0.15, 0.2) is 24.3 Å². The Kier molecular flexibility index (Phi) is 1.69. The Hall–Kier alpha value is -1.18. The molecule has 74 valence electrons. The average molecular weight is 189 g/mol. The highest BCUT2D eigenvalue weighted by Crippen LogP contribution is 2.45. The minimum absolute atomic E-state index is 0.850. The first-order valence-electron chi connectivity index (χ1n) is 5.32. The van der Waals surface area contributed by atoms with E-state index >= 15 is 0 Å². The molecule has 2 nitrogen and oxygen atoms in total. The average Bonchev–Trinajstić information content (AvgIpc) is 2.72. The molecule has 0 unspecified atom stereocenters. The monoisotopic (exact) mass is 189 g/mol. The lowest BCUT2D eigenvalue weighted by atomic mass is 10.2. The third-order valence-electron chi connectivity index (χ3n) is 3.44. The van der Waals surface area contributed by atoms with Crippen LogP contribution in [0, 0.1) is 0 Å². The molecule has 0 aromatic heterocycles. The van der Waals surface area contributed by atoms with Crippen molar-refractivity contribution in [3.8, 4) is 5.75 Å². The zero-order chi connectivity index (χ0) is 9.54. The van der Waals surface area contributed by atoms with Crippen LogP contribution < -0.4 is 9.64 Å². The molecule has 1 aromatic carbocycles. The molecule has 2 fully saturated rings. The number of hydrogen-bond donors (Lipinski definition) is 0. The van der Waals surface area contributed by atoms with Gasteiger partial charge in [-0.2, -0.15) is 0 Å². The van der Waals surface area contributed by atoms with Gasteiger partial charge < -0.3 is 9.64 Å². The van der Waals surface area contributed by atoms with E-state index in [1.807, 2.05) is 12.1 Å². The number of ether oxygens (including phenoxy) is 1. The third-order valence-corrected chi connectivity index (χ3v) is 3.44. The first kappa shape index (κ1) is 8.16. The molecule has 0 bridgehead atoms. The van der Waals surface area contributed by atoms with Gasteiger partial charge in [-0.25, -0.2) is 0 Å². The summed E-state index contributed by atoms with van der Waals surface area (Å²) >= 11 is 0. The second-order valence-electron chi connectivity index (χ2n) is 4.17. The highest BCUT2D eigenvalue weighted by atomic mass is 16.5. The molecule has 0 N–H and O–H groups in total. The van der Waals surface area contributed by atoms with E-state index in [0.29, 0.717) is 0 Å². The van der Waals surface area contributed by atoms with Gasteiger partial charge in [-0.05, 0) is 43.5 Å². The molecular weight excluding hydrogens is 174 g/mol. The number of hydrogen-bond acceptors (Lipinski definition) is 2. The van der Waals surface area contributed by atoms with Crippen LogP contribution in [0.2, 0.25) is 0 Å². The fourth-order valence-corrected chi connectivity index (χ4v) is 2.67. The normalized spacial score (nSPS) is 28.8. The van der Waals surface area contributed by atoms with E-state index in [-0.39, 0.29) is 0 Å². The topological polar surface area (TPSA) is 12.2 Å². The van der Waals surface area contributed by atoms with Gasteiger partial charge in [-0.3, -0.25) is 0 Å². The summed E-state index contributed by atoms with van der Waals surface area (Å²) in [5, 5.41) is 0. The van der Waals surface area contributed by atoms with Crippen molar-refractivity contribution in [2.75, 3.05) is 12.0 Å². The van der Waals surface area contributed by atoms with E-state index in [0.717, 1.165) is 17.8 Å². The number of anilines is 1. The number of benzene rings is 1. The summed E-state index contributed by atoms with van der Waals surface area (Å²) in [6, 6.07) is 10.1. The summed E-state index contributed by atoms with van der Waals surface area (Å²) in [5.74, 6) is 0.945. The molecule has 2 heteroatoms. The molecule has 1 saturated heterocycles. The molecule has 2 aliphatic rings. The van der Waals surface area contributed by atoms with E-state index in [9.17, 15) is 0 Å². The molecule has 0 spiro atoms. The van der Waals surface area contributed by atoms with Crippen LogP contribution >= 0.6 is 0 Å². The van der Waals surface area contributed by atoms with Crippen LogP contribution in [0.3, 0.4) is 0 Å². The SMILES string of the molecule is COc1ccc(N2[C@@H]3CCC[C@@H]32)cc1. The standard InChI is InChI=1S/C12H15NO/c1-14-10-7-5-9(6-8-10)13-11-3-2-4-12(11)13/h5-8,11-12H,2-4H2,1H3/t11-,12+,13?. The summed E-state index contributed by atoms with van der Waals surface area (Å²) in [7, 11) is 1.71. The van der Waals surface area contributed by atoms with E-state index in [2.05, 4.69) is 17.0 Å². The second-order valence-corrected chi connectivity index (χ2v) is 4.17. The number of methoxy groups -OCH3 is 1. The number of nitrogens with zero attached hydrogens (tertiary/aromatic N) is 1. The Bertz CT molecular complexity index is 323. The predicted molar refractivity (Wildman–Crippen MR) is 56.9 cm³/mol. The maximum Gasteiger partial charge on any atom is 0.119 e. The van der Waals surface area contributed by atoms with Gasteiger partial charge in [0.2, 0.25) is 0 Å². The van der Waals surface area contributed by atoms with Gasteiger partial charge in [-0.15, -0.1) is 0 Å². The smallest absolute Gasteiger partial charge is 0.119 e. The summed E-state index contributed by atoms with van der Waals surface area (Å²) in [5.41, 5.74) is 1.36. The van der Waals surface area contributed by atoms with Gasteiger partial charge in [0.15, 0.2) is 0 Å². The molecule has 1 aliphatic heterocycles. The minimum atomic E-state index is 0.850. The van der Waals surface area contributed by atoms with Crippen molar-refractivity contribution in [2.45, 2.75) is 31.3 Å². The maximum atomic E-state index is 5.14. The molecule has 0 amide bonds. The molecule has 1 aliphatic carbocycles. The van der Waals surface area contributed by atoms with Crippen LogP contribution in [0.25, 0.3) is 0 Å². The largest absolute Gasteiger partial charge is 0.497 e. The van der Waals surface area contributed by atoms with Crippen molar-refractivity contribution in [3.05, 3.63) is 24.3 Å². The van der Waals surface area contributed by atoms with Gasteiger partial charge in [0.05, 0.1) is 7.11 Å². The zero-order valence-electron chi connectivity index (χ0n) is 8.44. The first-order valence-corrected chi connectivity index (χ1v) is 5.32. The van der Waals surface area contributed by atoms with Crippen LogP contribution in [0.5, 0.6) is 5.75 Å². The molecule has 1 aromatic rings. The molecule has 1 saturated carbocycles. The Morgan fingerprint density at radius 2 is 1.79 bits per heavy atom. The van der Waals surface area contributed by atoms with Crippen molar-refractivity contribution < 1.29 is 4.74 Å². The highest BCUT2D eigenvalue weighted by molar-refractivity contribution is 5.58. The zero-order valence-corrected chi connectivity index (χ0v) is 8.44. The molecule has 0 radical (unpaired) electrons. The van der Waals surface area contributed by atoms with Crippen LogP contribution in [0.1, 0.15) is 19.3 Å². The number of piperidine rings is 1. The highest BCUT2D eigenvalue weighted by Gasteiger charge is 2.50. The van der Waals surface area contributed by atoms with Crippen LogP contribution in [-0.4, -0.2) is 19.2 Å². The molecule has 3 rings (SSSR count). The van der Waals surface area contributed by atoms with Crippen molar-refractivity contribution in [1.82, 2.24) is 0 Å². The van der Waals surface area contributed by atoms with Gasteiger partial charge in [0.1, 0.15) is 5.75 Å². The van der Waals surface area contributed by atoms with Crippen molar-refractivity contribution in [2.24, 2.45) is 0 Å². The van der Waals surface area contributed by atoms with Crippen LogP contribution in [-0.2, 0) is 0 Å². The quantitative estimate of drug-likeness (QED) is 0.662. The van der Waals surface area contributed by atoms with Gasteiger partial charge >= 0.3 is 0 Å². The lowest BCUT2D eigenvalue weighted by molar-refractivity contribution is 0.415.